The Balaban J connectivity index is 2.39. The third-order valence-electron chi connectivity index (χ3n) is 2.91. The van der Waals surface area contributed by atoms with Crippen molar-refractivity contribution in [3.8, 4) is 0 Å². The number of carbonyl (C=O) groups excluding carboxylic acids is 2. The van der Waals surface area contributed by atoms with E-state index >= 15 is 0 Å². The molecule has 0 spiro atoms. The number of carbonyl (C=O) groups is 2. The summed E-state index contributed by atoms with van der Waals surface area (Å²) in [6.45, 7) is 0. The Labute approximate surface area is 125 Å². The monoisotopic (exact) mass is 300 g/mol. The minimum atomic E-state index is -0.828. The molecular formula is C15H12N2O5. The summed E-state index contributed by atoms with van der Waals surface area (Å²) in [5.41, 5.74) is 0.160. The van der Waals surface area contributed by atoms with Crippen molar-refractivity contribution in [2.24, 2.45) is 0 Å². The molecule has 0 unspecified atom stereocenters. The molecule has 2 aromatic rings. The number of hydrogen-bond donors (Lipinski definition) is 1. The van der Waals surface area contributed by atoms with Gasteiger partial charge in [-0.1, -0.05) is 30.3 Å². The zero-order valence-corrected chi connectivity index (χ0v) is 11.6. The molecule has 0 aliphatic heterocycles. The maximum absolute atomic E-state index is 12.3. The third kappa shape index (κ3) is 3.26. The minimum absolute atomic E-state index is 0.0403. The molecule has 0 bridgehead atoms. The number of anilines is 1. The van der Waals surface area contributed by atoms with E-state index in [-0.39, 0.29) is 22.7 Å². The smallest absolute Gasteiger partial charge is 0.411 e. The molecule has 0 saturated heterocycles. The lowest BCUT2D eigenvalue weighted by Crippen LogP contribution is -2.13. The standard InChI is InChI=1S/C15H12N2O5/c1-22-15(19)16-12-8-7-11(9-13(12)17(20)21)14(18)10-5-3-2-4-6-10/h2-9H,1H3,(H,16,19). The lowest BCUT2D eigenvalue weighted by atomic mass is 10.0. The van der Waals surface area contributed by atoms with Crippen molar-refractivity contribution in [3.05, 3.63) is 69.8 Å². The summed E-state index contributed by atoms with van der Waals surface area (Å²) >= 11 is 0. The number of rotatable bonds is 4. The average molecular weight is 300 g/mol. The van der Waals surface area contributed by atoms with Gasteiger partial charge >= 0.3 is 6.09 Å². The van der Waals surface area contributed by atoms with Crippen LogP contribution < -0.4 is 5.32 Å². The summed E-state index contributed by atoms with van der Waals surface area (Å²) in [5.74, 6) is -0.340. The maximum Gasteiger partial charge on any atom is 0.411 e. The molecule has 0 aliphatic carbocycles. The van der Waals surface area contributed by atoms with Crippen LogP contribution in [0.5, 0.6) is 0 Å². The van der Waals surface area contributed by atoms with Crippen LogP contribution in [0.3, 0.4) is 0 Å². The van der Waals surface area contributed by atoms with Gasteiger partial charge in [-0.05, 0) is 12.1 Å². The first-order valence-electron chi connectivity index (χ1n) is 6.26. The highest BCUT2D eigenvalue weighted by Gasteiger charge is 2.19. The first-order valence-corrected chi connectivity index (χ1v) is 6.26. The van der Waals surface area contributed by atoms with Gasteiger partial charge in [0.05, 0.1) is 12.0 Å². The molecule has 2 rings (SSSR count). The fraction of sp³-hybridized carbons (Fsp3) is 0.0667. The maximum atomic E-state index is 12.3. The summed E-state index contributed by atoms with van der Waals surface area (Å²) in [6, 6.07) is 12.2. The van der Waals surface area contributed by atoms with Crippen LogP contribution in [-0.4, -0.2) is 23.9 Å². The van der Waals surface area contributed by atoms with E-state index in [1.54, 1.807) is 30.3 Å². The normalized spacial score (nSPS) is 9.86. The second kappa shape index (κ2) is 6.49. The molecule has 1 amide bonds. The van der Waals surface area contributed by atoms with Gasteiger partial charge < -0.3 is 4.74 Å². The van der Waals surface area contributed by atoms with E-state index in [1.165, 1.54) is 12.1 Å². The van der Waals surface area contributed by atoms with Crippen molar-refractivity contribution >= 4 is 23.3 Å². The molecule has 0 aromatic heterocycles. The number of methoxy groups -OCH3 is 1. The van der Waals surface area contributed by atoms with Crippen LogP contribution in [-0.2, 0) is 4.74 Å². The van der Waals surface area contributed by atoms with Crippen LogP contribution in [0.2, 0.25) is 0 Å². The number of nitro groups is 1. The minimum Gasteiger partial charge on any atom is -0.453 e. The largest absolute Gasteiger partial charge is 0.453 e. The van der Waals surface area contributed by atoms with E-state index in [4.69, 9.17) is 0 Å². The molecule has 1 N–H and O–H groups in total. The van der Waals surface area contributed by atoms with E-state index < -0.39 is 11.0 Å². The van der Waals surface area contributed by atoms with Gasteiger partial charge in [0.2, 0.25) is 0 Å². The molecule has 7 heteroatoms. The molecule has 0 heterocycles. The van der Waals surface area contributed by atoms with Crippen molar-refractivity contribution in [1.82, 2.24) is 0 Å². The van der Waals surface area contributed by atoms with Crippen LogP contribution in [0.1, 0.15) is 15.9 Å². The van der Waals surface area contributed by atoms with Crippen molar-refractivity contribution < 1.29 is 19.2 Å². The molecule has 2 aromatic carbocycles. The Hall–Kier alpha value is -3.22. The molecule has 112 valence electrons. The number of hydrogen-bond acceptors (Lipinski definition) is 5. The van der Waals surface area contributed by atoms with Gasteiger partial charge in [-0.25, -0.2) is 4.79 Å². The second-order valence-electron chi connectivity index (χ2n) is 4.30. The molecule has 0 atom stereocenters. The first kappa shape index (κ1) is 15.2. The Bertz CT molecular complexity index is 728. The van der Waals surface area contributed by atoms with Gasteiger partial charge in [0.25, 0.3) is 5.69 Å². The molecule has 7 nitrogen and oxygen atoms in total. The predicted octanol–water partition coefficient (Wildman–Crippen LogP) is 3.00. The van der Waals surface area contributed by atoms with E-state index in [9.17, 15) is 19.7 Å². The lowest BCUT2D eigenvalue weighted by molar-refractivity contribution is -0.383. The van der Waals surface area contributed by atoms with Crippen molar-refractivity contribution in [3.63, 3.8) is 0 Å². The Kier molecular flexibility index (Phi) is 4.47. The second-order valence-corrected chi connectivity index (χ2v) is 4.30. The summed E-state index contributed by atoms with van der Waals surface area (Å²) in [6.07, 6.45) is -0.828. The average Bonchev–Trinajstić information content (AvgIpc) is 2.55. The molecular weight excluding hydrogens is 288 g/mol. The van der Waals surface area contributed by atoms with Gasteiger partial charge in [0.15, 0.2) is 5.78 Å². The number of nitrogens with one attached hydrogen (secondary N) is 1. The number of amides is 1. The highest BCUT2D eigenvalue weighted by atomic mass is 16.6. The fourth-order valence-electron chi connectivity index (χ4n) is 1.85. The van der Waals surface area contributed by atoms with Crippen LogP contribution in [0.25, 0.3) is 0 Å². The number of ketones is 1. The first-order chi connectivity index (χ1) is 10.5. The molecule has 22 heavy (non-hydrogen) atoms. The molecule has 0 aliphatic rings. The van der Waals surface area contributed by atoms with Crippen LogP contribution in [0.15, 0.2) is 48.5 Å². The van der Waals surface area contributed by atoms with Gasteiger partial charge in [-0.2, -0.15) is 0 Å². The predicted molar refractivity (Wildman–Crippen MR) is 79.0 cm³/mol. The SMILES string of the molecule is COC(=O)Nc1ccc(C(=O)c2ccccc2)cc1[N+](=O)[O-]. The fourth-order valence-corrected chi connectivity index (χ4v) is 1.85. The zero-order chi connectivity index (χ0) is 16.1. The summed E-state index contributed by atoms with van der Waals surface area (Å²) in [7, 11) is 1.15. The highest BCUT2D eigenvalue weighted by molar-refractivity contribution is 6.09. The van der Waals surface area contributed by atoms with Crippen molar-refractivity contribution in [2.45, 2.75) is 0 Å². The third-order valence-corrected chi connectivity index (χ3v) is 2.91. The zero-order valence-electron chi connectivity index (χ0n) is 11.6. The lowest BCUT2D eigenvalue weighted by Gasteiger charge is -2.06. The van der Waals surface area contributed by atoms with E-state index in [0.29, 0.717) is 5.56 Å². The van der Waals surface area contributed by atoms with E-state index in [1.807, 2.05) is 0 Å². The topological polar surface area (TPSA) is 98.5 Å². The molecule has 0 radical (unpaired) electrons. The number of ether oxygens (including phenoxy) is 1. The number of nitrogens with zero attached hydrogens (tertiary/aromatic N) is 1. The Morgan fingerprint density at radius 2 is 1.77 bits per heavy atom. The highest BCUT2D eigenvalue weighted by Crippen LogP contribution is 2.26. The van der Waals surface area contributed by atoms with Gasteiger partial charge in [-0.3, -0.25) is 20.2 Å². The van der Waals surface area contributed by atoms with Crippen LogP contribution >= 0.6 is 0 Å². The summed E-state index contributed by atoms with van der Waals surface area (Å²) < 4.78 is 4.40. The molecule has 0 saturated carbocycles. The van der Waals surface area contributed by atoms with E-state index in [2.05, 4.69) is 10.1 Å². The number of nitro benzene ring substituents is 1. The Morgan fingerprint density at radius 3 is 2.36 bits per heavy atom. The Morgan fingerprint density at radius 1 is 1.09 bits per heavy atom. The molecule has 0 fully saturated rings. The van der Waals surface area contributed by atoms with Crippen molar-refractivity contribution in [2.75, 3.05) is 12.4 Å². The summed E-state index contributed by atoms with van der Waals surface area (Å²) in [5, 5.41) is 13.3. The van der Waals surface area contributed by atoms with Crippen LogP contribution in [0, 0.1) is 10.1 Å². The van der Waals surface area contributed by atoms with Crippen molar-refractivity contribution in [1.29, 1.82) is 0 Å². The van der Waals surface area contributed by atoms with Gasteiger partial charge in [0, 0.05) is 17.2 Å². The quantitative estimate of drug-likeness (QED) is 0.531. The van der Waals surface area contributed by atoms with Crippen LogP contribution in [0.4, 0.5) is 16.2 Å². The van der Waals surface area contributed by atoms with Gasteiger partial charge in [0.1, 0.15) is 5.69 Å². The summed E-state index contributed by atoms with van der Waals surface area (Å²) in [4.78, 5) is 33.9. The van der Waals surface area contributed by atoms with E-state index in [0.717, 1.165) is 13.2 Å². The van der Waals surface area contributed by atoms with Gasteiger partial charge in [-0.15, -0.1) is 0 Å². The number of benzene rings is 2.